The standard InChI is InChI=1S/C14H19NO/c1-10(15)14(7-8-14)12-6-2-4-11-5-3-9-16-13(11)12/h2,4,6,10H,3,5,7-9,15H2,1H3. The molecular formula is C14H19NO. The monoisotopic (exact) mass is 217 g/mol. The van der Waals surface area contributed by atoms with Crippen LogP contribution in [0.4, 0.5) is 0 Å². The quantitative estimate of drug-likeness (QED) is 0.825. The lowest BCUT2D eigenvalue weighted by Gasteiger charge is -2.27. The van der Waals surface area contributed by atoms with Crippen LogP contribution in [-0.4, -0.2) is 12.6 Å². The Hall–Kier alpha value is -1.02. The number of benzene rings is 1. The minimum absolute atomic E-state index is 0.211. The van der Waals surface area contributed by atoms with E-state index in [1.54, 1.807) is 0 Å². The zero-order valence-electron chi connectivity index (χ0n) is 9.83. The number of hydrogen-bond acceptors (Lipinski definition) is 2. The van der Waals surface area contributed by atoms with Gasteiger partial charge >= 0.3 is 0 Å². The van der Waals surface area contributed by atoms with Crippen LogP contribution >= 0.6 is 0 Å². The van der Waals surface area contributed by atoms with Crippen LogP contribution < -0.4 is 10.5 Å². The number of ether oxygens (including phenoxy) is 1. The Balaban J connectivity index is 2.08. The maximum Gasteiger partial charge on any atom is 0.126 e. The molecule has 2 nitrogen and oxygen atoms in total. The number of hydrogen-bond donors (Lipinski definition) is 1. The molecule has 0 spiro atoms. The molecule has 1 aromatic carbocycles. The van der Waals surface area contributed by atoms with Gasteiger partial charge in [0.15, 0.2) is 0 Å². The molecule has 1 aliphatic heterocycles. The highest BCUT2D eigenvalue weighted by Crippen LogP contribution is 2.54. The van der Waals surface area contributed by atoms with Gasteiger partial charge in [-0.1, -0.05) is 18.2 Å². The summed E-state index contributed by atoms with van der Waals surface area (Å²) in [5.74, 6) is 1.14. The van der Waals surface area contributed by atoms with Crippen molar-refractivity contribution in [3.05, 3.63) is 29.3 Å². The molecule has 2 heteroatoms. The average molecular weight is 217 g/mol. The van der Waals surface area contributed by atoms with Gasteiger partial charge in [-0.05, 0) is 38.2 Å². The van der Waals surface area contributed by atoms with Gasteiger partial charge in [-0.3, -0.25) is 0 Å². The summed E-state index contributed by atoms with van der Waals surface area (Å²) in [5, 5.41) is 0. The van der Waals surface area contributed by atoms with Crippen LogP contribution in [0.3, 0.4) is 0 Å². The predicted molar refractivity (Wildman–Crippen MR) is 64.8 cm³/mol. The van der Waals surface area contributed by atoms with Gasteiger partial charge in [-0.2, -0.15) is 0 Å². The third kappa shape index (κ3) is 1.36. The Labute approximate surface area is 96.8 Å². The van der Waals surface area contributed by atoms with Crippen LogP contribution in [0.5, 0.6) is 5.75 Å². The lowest BCUT2D eigenvalue weighted by molar-refractivity contribution is 0.281. The third-order valence-electron chi connectivity index (χ3n) is 4.13. The van der Waals surface area contributed by atoms with Crippen molar-refractivity contribution in [3.8, 4) is 5.75 Å². The Morgan fingerprint density at radius 2 is 2.19 bits per heavy atom. The van der Waals surface area contributed by atoms with E-state index in [-0.39, 0.29) is 11.5 Å². The van der Waals surface area contributed by atoms with Gasteiger partial charge in [-0.25, -0.2) is 0 Å². The predicted octanol–water partition coefficient (Wildman–Crippen LogP) is 2.39. The molecule has 1 unspecified atom stereocenters. The minimum atomic E-state index is 0.211. The summed E-state index contributed by atoms with van der Waals surface area (Å²) in [6.45, 7) is 2.98. The molecule has 3 rings (SSSR count). The highest BCUT2D eigenvalue weighted by molar-refractivity contribution is 5.50. The van der Waals surface area contributed by atoms with E-state index >= 15 is 0 Å². The minimum Gasteiger partial charge on any atom is -0.493 e. The molecule has 1 saturated carbocycles. The van der Waals surface area contributed by atoms with Crippen LogP contribution in [0.2, 0.25) is 0 Å². The van der Waals surface area contributed by atoms with E-state index in [0.717, 1.165) is 25.2 Å². The first kappa shape index (κ1) is 10.2. The number of fused-ring (bicyclic) bond motifs is 1. The maximum atomic E-state index is 6.14. The van der Waals surface area contributed by atoms with E-state index in [9.17, 15) is 0 Å². The highest BCUT2D eigenvalue weighted by atomic mass is 16.5. The van der Waals surface area contributed by atoms with Crippen LogP contribution in [0, 0.1) is 0 Å². The molecule has 1 atom stereocenters. The molecule has 2 N–H and O–H groups in total. The van der Waals surface area contributed by atoms with Gasteiger partial charge in [-0.15, -0.1) is 0 Å². The Bertz CT molecular complexity index is 407. The van der Waals surface area contributed by atoms with Crippen molar-refractivity contribution in [2.45, 2.75) is 44.1 Å². The van der Waals surface area contributed by atoms with E-state index in [2.05, 4.69) is 25.1 Å². The average Bonchev–Trinajstić information content (AvgIpc) is 3.09. The molecule has 0 amide bonds. The second kappa shape index (κ2) is 3.49. The van der Waals surface area contributed by atoms with E-state index in [0.29, 0.717) is 0 Å². The molecule has 0 saturated heterocycles. The number of aryl methyl sites for hydroxylation is 1. The van der Waals surface area contributed by atoms with Crippen molar-refractivity contribution >= 4 is 0 Å². The zero-order valence-corrected chi connectivity index (χ0v) is 9.83. The Morgan fingerprint density at radius 3 is 2.88 bits per heavy atom. The lowest BCUT2D eigenvalue weighted by atomic mass is 9.86. The van der Waals surface area contributed by atoms with Gasteiger partial charge < -0.3 is 10.5 Å². The molecule has 1 aliphatic carbocycles. The second-order valence-corrected chi connectivity index (χ2v) is 5.19. The molecule has 16 heavy (non-hydrogen) atoms. The van der Waals surface area contributed by atoms with Crippen molar-refractivity contribution in [3.63, 3.8) is 0 Å². The van der Waals surface area contributed by atoms with Gasteiger partial charge in [0.1, 0.15) is 5.75 Å². The molecule has 86 valence electrons. The normalized spacial score (nSPS) is 23.1. The fourth-order valence-corrected chi connectivity index (χ4v) is 2.89. The summed E-state index contributed by atoms with van der Waals surface area (Å²) in [6, 6.07) is 6.78. The fraction of sp³-hybridized carbons (Fsp3) is 0.571. The van der Waals surface area contributed by atoms with Crippen LogP contribution in [0.15, 0.2) is 18.2 Å². The van der Waals surface area contributed by atoms with Crippen molar-refractivity contribution in [1.29, 1.82) is 0 Å². The highest BCUT2D eigenvalue weighted by Gasteiger charge is 2.49. The maximum absolute atomic E-state index is 6.14. The van der Waals surface area contributed by atoms with E-state index < -0.39 is 0 Å². The number of para-hydroxylation sites is 1. The van der Waals surface area contributed by atoms with Crippen molar-refractivity contribution in [2.75, 3.05) is 6.61 Å². The van der Waals surface area contributed by atoms with Crippen molar-refractivity contribution in [2.24, 2.45) is 5.73 Å². The molecule has 1 fully saturated rings. The summed E-state index contributed by atoms with van der Waals surface area (Å²) < 4.78 is 5.88. The number of nitrogens with two attached hydrogens (primary N) is 1. The third-order valence-corrected chi connectivity index (χ3v) is 4.13. The van der Waals surface area contributed by atoms with E-state index in [1.165, 1.54) is 24.0 Å². The van der Waals surface area contributed by atoms with Crippen molar-refractivity contribution in [1.82, 2.24) is 0 Å². The molecule has 0 aromatic heterocycles. The second-order valence-electron chi connectivity index (χ2n) is 5.19. The molecular weight excluding hydrogens is 198 g/mol. The molecule has 1 aromatic rings. The summed E-state index contributed by atoms with van der Waals surface area (Å²) in [4.78, 5) is 0. The fourth-order valence-electron chi connectivity index (χ4n) is 2.89. The molecule has 2 aliphatic rings. The molecule has 0 radical (unpaired) electrons. The van der Waals surface area contributed by atoms with E-state index in [1.807, 2.05) is 0 Å². The summed E-state index contributed by atoms with van der Waals surface area (Å²) in [5.41, 5.74) is 9.09. The zero-order chi connectivity index (χ0) is 11.2. The SMILES string of the molecule is CC(N)C1(c2cccc3c2OCCC3)CC1. The first-order valence-corrected chi connectivity index (χ1v) is 6.25. The summed E-state index contributed by atoms with van der Waals surface area (Å²) >= 11 is 0. The van der Waals surface area contributed by atoms with Crippen LogP contribution in [-0.2, 0) is 11.8 Å². The summed E-state index contributed by atoms with van der Waals surface area (Å²) in [6.07, 6.45) is 4.72. The van der Waals surface area contributed by atoms with Crippen LogP contribution in [0.25, 0.3) is 0 Å². The van der Waals surface area contributed by atoms with Crippen molar-refractivity contribution < 1.29 is 4.74 Å². The van der Waals surface area contributed by atoms with Crippen LogP contribution in [0.1, 0.15) is 37.3 Å². The molecule has 1 heterocycles. The van der Waals surface area contributed by atoms with Gasteiger partial charge in [0.05, 0.1) is 6.61 Å². The Morgan fingerprint density at radius 1 is 1.38 bits per heavy atom. The topological polar surface area (TPSA) is 35.2 Å². The number of rotatable bonds is 2. The Kier molecular flexibility index (Phi) is 2.21. The molecule has 0 bridgehead atoms. The summed E-state index contributed by atoms with van der Waals surface area (Å²) in [7, 11) is 0. The largest absolute Gasteiger partial charge is 0.493 e. The van der Waals surface area contributed by atoms with Gasteiger partial charge in [0, 0.05) is 17.0 Å². The van der Waals surface area contributed by atoms with Gasteiger partial charge in [0.25, 0.3) is 0 Å². The first-order chi connectivity index (χ1) is 7.74. The lowest BCUT2D eigenvalue weighted by Crippen LogP contribution is -2.32. The van der Waals surface area contributed by atoms with Gasteiger partial charge in [0.2, 0.25) is 0 Å². The smallest absolute Gasteiger partial charge is 0.126 e. The first-order valence-electron chi connectivity index (χ1n) is 6.25. The van der Waals surface area contributed by atoms with E-state index in [4.69, 9.17) is 10.5 Å².